The van der Waals surface area contributed by atoms with Crippen molar-refractivity contribution in [3.05, 3.63) is 0 Å². The Kier molecular flexibility index (Phi) is 12.1. The van der Waals surface area contributed by atoms with E-state index in [4.69, 9.17) is 19.9 Å². The van der Waals surface area contributed by atoms with E-state index in [9.17, 15) is 20.4 Å². The van der Waals surface area contributed by atoms with Crippen molar-refractivity contribution < 1.29 is 34.6 Å². The predicted octanol–water partition coefficient (Wildman–Crippen LogP) is 2.76. The number of aliphatic hydroxyl groups is 4. The highest BCUT2D eigenvalue weighted by molar-refractivity contribution is 5.02. The van der Waals surface area contributed by atoms with E-state index in [1.807, 2.05) is 53.5 Å². The van der Waals surface area contributed by atoms with E-state index in [1.165, 1.54) is 0 Å². The van der Waals surface area contributed by atoms with Crippen molar-refractivity contribution in [1.82, 2.24) is 4.90 Å². The molecule has 0 aromatic carbocycles. The molecular weight excluding hydrogens is 512 g/mol. The summed E-state index contributed by atoms with van der Waals surface area (Å²) in [5, 5.41) is 46.3. The fourth-order valence-electron chi connectivity index (χ4n) is 7.61. The Balaban J connectivity index is 2.61. The average molecular weight is 575 g/mol. The zero-order valence-electron chi connectivity index (χ0n) is 27.3. The van der Waals surface area contributed by atoms with Gasteiger partial charge in [-0.15, -0.1) is 0 Å². The molecule has 2 saturated heterocycles. The molecule has 2 unspecified atom stereocenters. The van der Waals surface area contributed by atoms with Crippen molar-refractivity contribution in [2.75, 3.05) is 20.7 Å². The highest BCUT2D eigenvalue weighted by Crippen LogP contribution is 2.45. The van der Waals surface area contributed by atoms with Gasteiger partial charge in [0, 0.05) is 32.0 Å². The first-order valence-corrected chi connectivity index (χ1v) is 15.4. The van der Waals surface area contributed by atoms with Crippen LogP contribution >= 0.6 is 0 Å². The maximum Gasteiger partial charge on any atom is 0.157 e. The van der Waals surface area contributed by atoms with E-state index in [1.54, 1.807) is 14.0 Å². The van der Waals surface area contributed by atoms with Crippen molar-refractivity contribution in [2.24, 2.45) is 35.3 Å². The van der Waals surface area contributed by atoms with Gasteiger partial charge in [-0.05, 0) is 78.2 Å². The molecule has 15 atom stereocenters. The third-order valence-corrected chi connectivity index (χ3v) is 11.0. The Morgan fingerprint density at radius 3 is 2.05 bits per heavy atom. The van der Waals surface area contributed by atoms with Gasteiger partial charge in [-0.1, -0.05) is 34.6 Å². The zero-order chi connectivity index (χ0) is 31.0. The fraction of sp³-hybridized carbons (Fsp3) is 1.00. The summed E-state index contributed by atoms with van der Waals surface area (Å²) in [5.74, 6) is -0.738. The van der Waals surface area contributed by atoms with Gasteiger partial charge in [-0.25, -0.2) is 0 Å². The summed E-state index contributed by atoms with van der Waals surface area (Å²) in [6, 6.07) is -0.693. The summed E-state index contributed by atoms with van der Waals surface area (Å²) in [7, 11) is 3.59. The third-order valence-electron chi connectivity index (χ3n) is 11.0. The molecule has 0 aromatic rings. The molecule has 0 bridgehead atoms. The second-order valence-electron chi connectivity index (χ2n) is 14.2. The smallest absolute Gasteiger partial charge is 0.157 e. The van der Waals surface area contributed by atoms with Crippen molar-refractivity contribution in [3.8, 4) is 0 Å². The van der Waals surface area contributed by atoms with Gasteiger partial charge in [0.25, 0.3) is 0 Å². The SMILES string of the molecule is CC[C@H]1OC(O)[C@H](C)[C@@H](C2C[C@@](C)(OC)[C@@H](N)[C@H](C)O2)[C@H](C)[C@@H](C)[C@](C)(O)C[C@@H](C)CN(C)[C@H](C)[C@@H](O)[C@]1(C)O. The molecule has 6 N–H and O–H groups in total. The van der Waals surface area contributed by atoms with Crippen LogP contribution in [-0.2, 0) is 14.2 Å². The van der Waals surface area contributed by atoms with Crippen molar-refractivity contribution in [3.63, 3.8) is 0 Å². The lowest BCUT2D eigenvalue weighted by molar-refractivity contribution is -0.254. The predicted molar refractivity (Wildman–Crippen MR) is 158 cm³/mol. The molecule has 2 heterocycles. The maximum absolute atomic E-state index is 11.8. The summed E-state index contributed by atoms with van der Waals surface area (Å²) < 4.78 is 18.7. The summed E-state index contributed by atoms with van der Waals surface area (Å²) >= 11 is 0. The van der Waals surface area contributed by atoms with Crippen LogP contribution in [0.25, 0.3) is 0 Å². The minimum atomic E-state index is -1.61. The molecule has 2 aliphatic heterocycles. The van der Waals surface area contributed by atoms with Crippen molar-refractivity contribution in [1.29, 1.82) is 0 Å². The molecular formula is C31H62N2O7. The standard InChI is InChI=1S/C31H62N2O7/c1-13-24-31(10,37)27(34)21(6)33(11)16-17(2)14-29(8,36)20(5)18(3)25(19(4)28(35)40-24)23-15-30(9,38-12)26(32)22(7)39-23/h17-28,34-37H,13-16,32H2,1-12H3/t17-,18-,19-,20-,21-,22+,23?,24-,25+,26+,27-,28?,29-,30-,31-/m1/s1. The summed E-state index contributed by atoms with van der Waals surface area (Å²) in [6.07, 6.45) is -2.27. The van der Waals surface area contributed by atoms with E-state index in [0.29, 0.717) is 25.8 Å². The molecule has 0 aliphatic carbocycles. The van der Waals surface area contributed by atoms with Gasteiger partial charge in [0.05, 0.1) is 35.6 Å². The largest absolute Gasteiger partial charge is 0.390 e. The fourth-order valence-corrected chi connectivity index (χ4v) is 7.61. The summed E-state index contributed by atoms with van der Waals surface area (Å²) in [5.41, 5.74) is 3.29. The minimum absolute atomic E-state index is 0.0731. The number of nitrogens with zero attached hydrogens (tertiary/aromatic N) is 1. The van der Waals surface area contributed by atoms with Crippen molar-refractivity contribution in [2.45, 2.75) is 148 Å². The first kappa shape index (κ1) is 35.8. The van der Waals surface area contributed by atoms with Gasteiger partial charge in [0.2, 0.25) is 0 Å². The molecule has 2 rings (SSSR count). The van der Waals surface area contributed by atoms with Crippen LogP contribution in [-0.4, -0.2) is 106 Å². The summed E-state index contributed by atoms with van der Waals surface area (Å²) in [6.45, 7) is 20.1. The van der Waals surface area contributed by atoms with Gasteiger partial charge in [0.1, 0.15) is 11.7 Å². The minimum Gasteiger partial charge on any atom is -0.390 e. The molecule has 2 aliphatic rings. The van der Waals surface area contributed by atoms with Gasteiger partial charge in [0.15, 0.2) is 6.29 Å². The third kappa shape index (κ3) is 7.40. The van der Waals surface area contributed by atoms with Gasteiger partial charge >= 0.3 is 0 Å². The monoisotopic (exact) mass is 574 g/mol. The molecule has 0 aromatic heterocycles. The number of hydrogen-bond acceptors (Lipinski definition) is 9. The number of likely N-dealkylation sites (N-methyl/N-ethyl adjacent to an activating group) is 1. The van der Waals surface area contributed by atoms with Crippen LogP contribution in [0.3, 0.4) is 0 Å². The molecule has 40 heavy (non-hydrogen) atoms. The molecule has 9 nitrogen and oxygen atoms in total. The van der Waals surface area contributed by atoms with Crippen LogP contribution in [0.2, 0.25) is 0 Å². The zero-order valence-corrected chi connectivity index (χ0v) is 27.3. The van der Waals surface area contributed by atoms with E-state index < -0.39 is 41.2 Å². The maximum atomic E-state index is 11.8. The normalized spacial score (nSPS) is 53.0. The van der Waals surface area contributed by atoms with E-state index in [-0.39, 0.29) is 48.0 Å². The van der Waals surface area contributed by atoms with Crippen LogP contribution in [0.5, 0.6) is 0 Å². The Bertz CT molecular complexity index is 798. The topological polar surface area (TPSA) is 138 Å². The Morgan fingerprint density at radius 1 is 0.950 bits per heavy atom. The number of rotatable bonds is 3. The van der Waals surface area contributed by atoms with Crippen LogP contribution in [0, 0.1) is 29.6 Å². The first-order chi connectivity index (χ1) is 18.2. The highest BCUT2D eigenvalue weighted by Gasteiger charge is 2.52. The molecule has 9 heteroatoms. The summed E-state index contributed by atoms with van der Waals surface area (Å²) in [4.78, 5) is 2.02. The Morgan fingerprint density at radius 2 is 1.52 bits per heavy atom. The van der Waals surface area contributed by atoms with Crippen LogP contribution in [0.4, 0.5) is 0 Å². The molecule has 2 fully saturated rings. The molecule has 238 valence electrons. The van der Waals surface area contributed by atoms with Crippen LogP contribution in [0.15, 0.2) is 0 Å². The lowest BCUT2D eigenvalue weighted by atomic mass is 9.65. The lowest BCUT2D eigenvalue weighted by Gasteiger charge is -2.51. The van der Waals surface area contributed by atoms with Crippen LogP contribution < -0.4 is 5.73 Å². The molecule has 0 saturated carbocycles. The highest BCUT2D eigenvalue weighted by atomic mass is 16.6. The van der Waals surface area contributed by atoms with Gasteiger partial charge in [-0.2, -0.15) is 0 Å². The van der Waals surface area contributed by atoms with Gasteiger partial charge < -0.3 is 45.3 Å². The molecule has 0 spiro atoms. The van der Waals surface area contributed by atoms with E-state index in [2.05, 4.69) is 20.8 Å². The Labute approximate surface area is 243 Å². The van der Waals surface area contributed by atoms with E-state index >= 15 is 0 Å². The lowest BCUT2D eigenvalue weighted by Crippen LogP contribution is -2.63. The Hall–Kier alpha value is -0.360. The van der Waals surface area contributed by atoms with Gasteiger partial charge in [-0.3, -0.25) is 0 Å². The second-order valence-corrected chi connectivity index (χ2v) is 14.2. The second kappa shape index (κ2) is 13.5. The number of methoxy groups -OCH3 is 1. The number of nitrogens with two attached hydrogens (primary N) is 1. The number of ether oxygens (including phenoxy) is 3. The number of aliphatic hydroxyl groups excluding tert-OH is 2. The first-order valence-electron chi connectivity index (χ1n) is 15.4. The average Bonchev–Trinajstić information content (AvgIpc) is 2.87. The molecule has 0 amide bonds. The van der Waals surface area contributed by atoms with Crippen molar-refractivity contribution >= 4 is 0 Å². The van der Waals surface area contributed by atoms with Crippen LogP contribution in [0.1, 0.15) is 88.5 Å². The number of hydrogen-bond donors (Lipinski definition) is 5. The quantitative estimate of drug-likeness (QED) is 0.344. The van der Waals surface area contributed by atoms with E-state index in [0.717, 1.165) is 0 Å². The molecule has 0 radical (unpaired) electrons.